The summed E-state index contributed by atoms with van der Waals surface area (Å²) in [5.74, 6) is -1.02. The fraction of sp³-hybridized carbons (Fsp3) is 0.0909. The predicted octanol–water partition coefficient (Wildman–Crippen LogP) is 4.28. The maximum atomic E-state index is 13.8. The first-order valence-corrected chi connectivity index (χ1v) is 6.88. The highest BCUT2D eigenvalue weighted by Gasteiger charge is 2.33. The fourth-order valence-electron chi connectivity index (χ4n) is 1.53. The van der Waals surface area contributed by atoms with Crippen LogP contribution >= 0.6 is 27.3 Å². The molecule has 10 heteroatoms. The van der Waals surface area contributed by atoms with Crippen molar-refractivity contribution in [1.29, 1.82) is 0 Å². The van der Waals surface area contributed by atoms with E-state index in [1.165, 1.54) is 6.20 Å². The molecule has 21 heavy (non-hydrogen) atoms. The Balaban J connectivity index is 2.58. The lowest BCUT2D eigenvalue weighted by Gasteiger charge is -2.19. The van der Waals surface area contributed by atoms with Crippen molar-refractivity contribution in [3.05, 3.63) is 39.6 Å². The third-order valence-electron chi connectivity index (χ3n) is 2.39. The Kier molecular flexibility index (Phi) is 4.19. The zero-order valence-corrected chi connectivity index (χ0v) is 12.4. The van der Waals surface area contributed by atoms with Crippen LogP contribution in [-0.2, 0) is 6.18 Å². The molecule has 2 aromatic rings. The van der Waals surface area contributed by atoms with Gasteiger partial charge >= 0.3 is 12.2 Å². The van der Waals surface area contributed by atoms with Crippen LogP contribution in [0.5, 0.6) is 0 Å². The van der Waals surface area contributed by atoms with Gasteiger partial charge in [-0.1, -0.05) is 11.3 Å². The molecule has 1 heterocycles. The number of carbonyl (C=O) groups is 1. The summed E-state index contributed by atoms with van der Waals surface area (Å²) in [6, 6.07) is 0.567. The zero-order chi connectivity index (χ0) is 15.8. The van der Waals surface area contributed by atoms with Gasteiger partial charge in [-0.3, -0.25) is 0 Å². The van der Waals surface area contributed by atoms with E-state index in [2.05, 4.69) is 20.9 Å². The molecule has 0 atom stereocenters. The average molecular weight is 384 g/mol. The van der Waals surface area contributed by atoms with Crippen LogP contribution in [0, 0.1) is 5.82 Å². The monoisotopic (exact) mass is 383 g/mol. The van der Waals surface area contributed by atoms with Crippen molar-refractivity contribution in [3.8, 4) is 0 Å². The van der Waals surface area contributed by atoms with Crippen molar-refractivity contribution in [2.24, 2.45) is 5.73 Å². The molecule has 0 spiro atoms. The van der Waals surface area contributed by atoms with Crippen LogP contribution in [0.2, 0.25) is 0 Å². The standard InChI is InChI=1S/C11H6BrF4N3OS/c12-8-4-18-10(21-8)19(9(17)20)7-3-5(11(14,15)16)1-2-6(7)13/h1-4H,(H2,17,20). The number of carbonyl (C=O) groups excluding carboxylic acids is 1. The number of primary amides is 1. The molecule has 2 N–H and O–H groups in total. The van der Waals surface area contributed by atoms with Gasteiger partial charge in [0.2, 0.25) is 0 Å². The number of amides is 2. The van der Waals surface area contributed by atoms with Crippen molar-refractivity contribution in [2.75, 3.05) is 4.90 Å². The van der Waals surface area contributed by atoms with Gasteiger partial charge in [-0.25, -0.2) is 19.1 Å². The molecule has 1 aromatic heterocycles. The lowest BCUT2D eigenvalue weighted by Crippen LogP contribution is -2.32. The van der Waals surface area contributed by atoms with Crippen LogP contribution in [0.15, 0.2) is 28.2 Å². The summed E-state index contributed by atoms with van der Waals surface area (Å²) in [5.41, 5.74) is 3.42. The lowest BCUT2D eigenvalue weighted by molar-refractivity contribution is -0.137. The first-order chi connectivity index (χ1) is 9.70. The van der Waals surface area contributed by atoms with E-state index in [1.807, 2.05) is 0 Å². The highest BCUT2D eigenvalue weighted by Crippen LogP contribution is 2.37. The second-order valence-corrected chi connectivity index (χ2v) is 6.17. The summed E-state index contributed by atoms with van der Waals surface area (Å²) < 4.78 is 52.4. The van der Waals surface area contributed by atoms with Gasteiger partial charge in [0.1, 0.15) is 5.82 Å². The van der Waals surface area contributed by atoms with Gasteiger partial charge in [-0.15, -0.1) is 0 Å². The first-order valence-electron chi connectivity index (χ1n) is 5.28. The molecule has 0 saturated carbocycles. The number of aromatic nitrogens is 1. The van der Waals surface area contributed by atoms with Gasteiger partial charge in [0.25, 0.3) is 0 Å². The Bertz CT molecular complexity index is 688. The molecule has 0 bridgehead atoms. The van der Waals surface area contributed by atoms with Gasteiger partial charge in [-0.2, -0.15) is 13.2 Å². The molecule has 0 radical (unpaired) electrons. The molecule has 0 aliphatic rings. The average Bonchev–Trinajstić information content (AvgIpc) is 2.76. The van der Waals surface area contributed by atoms with Gasteiger partial charge < -0.3 is 5.73 Å². The van der Waals surface area contributed by atoms with Crippen molar-refractivity contribution >= 4 is 44.1 Å². The van der Waals surface area contributed by atoms with Crippen LogP contribution in [0.3, 0.4) is 0 Å². The number of hydrogen-bond acceptors (Lipinski definition) is 3. The van der Waals surface area contributed by atoms with Crippen LogP contribution in [0.4, 0.5) is 33.2 Å². The van der Waals surface area contributed by atoms with Crippen LogP contribution in [0.25, 0.3) is 0 Å². The SMILES string of the molecule is NC(=O)N(c1ncc(Br)s1)c1cc(C(F)(F)F)ccc1F. The molecule has 4 nitrogen and oxygen atoms in total. The number of benzene rings is 1. The number of nitrogens with zero attached hydrogens (tertiary/aromatic N) is 2. The predicted molar refractivity (Wildman–Crippen MR) is 72.9 cm³/mol. The third-order valence-corrected chi connectivity index (χ3v) is 3.85. The number of halogens is 5. The molecule has 2 amide bonds. The van der Waals surface area contributed by atoms with E-state index in [4.69, 9.17) is 5.73 Å². The molecule has 0 fully saturated rings. The normalized spacial score (nSPS) is 11.5. The van der Waals surface area contributed by atoms with Crippen molar-refractivity contribution in [2.45, 2.75) is 6.18 Å². The van der Waals surface area contributed by atoms with Crippen LogP contribution in [-0.4, -0.2) is 11.0 Å². The molecule has 0 unspecified atom stereocenters. The largest absolute Gasteiger partial charge is 0.416 e. The van der Waals surface area contributed by atoms with Gasteiger partial charge in [0.05, 0.1) is 21.2 Å². The summed E-state index contributed by atoms with van der Waals surface area (Å²) in [4.78, 5) is 15.9. The summed E-state index contributed by atoms with van der Waals surface area (Å²) in [7, 11) is 0. The fourth-order valence-corrected chi connectivity index (χ4v) is 2.73. The summed E-state index contributed by atoms with van der Waals surface area (Å²) >= 11 is 4.01. The molecular formula is C11H6BrF4N3OS. The van der Waals surface area contributed by atoms with Crippen LogP contribution in [0.1, 0.15) is 5.56 Å². The number of thiazole rings is 1. The summed E-state index contributed by atoms with van der Waals surface area (Å²) in [5, 5.41) is -0.0485. The number of urea groups is 1. The topological polar surface area (TPSA) is 59.2 Å². The molecule has 112 valence electrons. The Morgan fingerprint density at radius 3 is 2.52 bits per heavy atom. The number of anilines is 2. The van der Waals surface area contributed by atoms with Gasteiger partial charge in [0.15, 0.2) is 5.13 Å². The molecule has 0 aliphatic heterocycles. The van der Waals surface area contributed by atoms with E-state index >= 15 is 0 Å². The molecule has 1 aromatic carbocycles. The molecular weight excluding hydrogens is 378 g/mol. The van der Waals surface area contributed by atoms with E-state index in [-0.39, 0.29) is 5.13 Å². The smallest absolute Gasteiger partial charge is 0.351 e. The third kappa shape index (κ3) is 3.32. The number of rotatable bonds is 2. The Morgan fingerprint density at radius 2 is 2.05 bits per heavy atom. The second kappa shape index (κ2) is 5.60. The quantitative estimate of drug-likeness (QED) is 0.786. The van der Waals surface area contributed by atoms with E-state index in [1.54, 1.807) is 0 Å². The Hall–Kier alpha value is -1.68. The van der Waals surface area contributed by atoms with Crippen LogP contribution < -0.4 is 10.6 Å². The van der Waals surface area contributed by atoms with E-state index in [0.717, 1.165) is 11.3 Å². The first kappa shape index (κ1) is 15.7. The molecule has 0 aliphatic carbocycles. The highest BCUT2D eigenvalue weighted by molar-refractivity contribution is 9.11. The van der Waals surface area contributed by atoms with Crippen molar-refractivity contribution < 1.29 is 22.4 Å². The second-order valence-electron chi connectivity index (χ2n) is 3.78. The lowest BCUT2D eigenvalue weighted by atomic mass is 10.1. The molecule has 2 rings (SSSR count). The minimum atomic E-state index is -4.67. The number of nitrogens with two attached hydrogens (primary N) is 1. The highest BCUT2D eigenvalue weighted by atomic mass is 79.9. The van der Waals surface area contributed by atoms with Crippen molar-refractivity contribution in [1.82, 2.24) is 4.98 Å². The number of alkyl halides is 3. The number of hydrogen-bond donors (Lipinski definition) is 1. The van der Waals surface area contributed by atoms with E-state index in [9.17, 15) is 22.4 Å². The van der Waals surface area contributed by atoms with Gasteiger partial charge in [0, 0.05) is 0 Å². The zero-order valence-electron chi connectivity index (χ0n) is 9.99. The summed E-state index contributed by atoms with van der Waals surface area (Å²) in [6.45, 7) is 0. The minimum Gasteiger partial charge on any atom is -0.351 e. The Morgan fingerprint density at radius 1 is 1.38 bits per heavy atom. The minimum absolute atomic E-state index is 0.0485. The van der Waals surface area contributed by atoms with E-state index < -0.39 is 29.3 Å². The van der Waals surface area contributed by atoms with Gasteiger partial charge in [-0.05, 0) is 34.1 Å². The molecule has 0 saturated heterocycles. The maximum Gasteiger partial charge on any atom is 0.416 e. The summed E-state index contributed by atoms with van der Waals surface area (Å²) in [6.07, 6.45) is -3.35. The van der Waals surface area contributed by atoms with Crippen molar-refractivity contribution in [3.63, 3.8) is 0 Å². The van der Waals surface area contributed by atoms with E-state index in [0.29, 0.717) is 26.9 Å². The Labute approximate surface area is 128 Å². The maximum absolute atomic E-state index is 13.8.